The van der Waals surface area contributed by atoms with E-state index in [4.69, 9.17) is 0 Å². The molecule has 5 heteroatoms. The van der Waals surface area contributed by atoms with Crippen molar-refractivity contribution in [3.8, 4) is 0 Å². The van der Waals surface area contributed by atoms with Crippen LogP contribution in [0.4, 0.5) is 4.39 Å². The van der Waals surface area contributed by atoms with E-state index in [1.54, 1.807) is 19.1 Å². The Morgan fingerprint density at radius 3 is 2.89 bits per heavy atom. The molecule has 1 rings (SSSR count). The predicted octanol–water partition coefficient (Wildman–Crippen LogP) is 2.50. The number of nitrogens with one attached hydrogen (secondary N) is 1. The van der Waals surface area contributed by atoms with Gasteiger partial charge in [-0.15, -0.1) is 11.8 Å². The molecule has 100 valence electrons. The van der Waals surface area contributed by atoms with Crippen LogP contribution in [0.3, 0.4) is 0 Å². The van der Waals surface area contributed by atoms with Crippen molar-refractivity contribution in [2.45, 2.75) is 31.3 Å². The Labute approximate surface area is 111 Å². The fourth-order valence-electron chi connectivity index (χ4n) is 1.46. The number of rotatable bonds is 6. The zero-order chi connectivity index (χ0) is 13.5. The first kappa shape index (κ1) is 15.0. The average Bonchev–Trinajstić information content (AvgIpc) is 2.34. The minimum atomic E-state index is -0.748. The number of aliphatic hydroxyl groups excluding tert-OH is 1. The monoisotopic (exact) mass is 271 g/mol. The molecule has 2 N–H and O–H groups in total. The smallest absolute Gasteiger partial charge is 0.230 e. The van der Waals surface area contributed by atoms with E-state index in [0.29, 0.717) is 17.0 Å². The highest BCUT2D eigenvalue weighted by Crippen LogP contribution is 2.29. The van der Waals surface area contributed by atoms with Gasteiger partial charge in [0.2, 0.25) is 5.91 Å². The summed E-state index contributed by atoms with van der Waals surface area (Å²) in [6.07, 6.45) is 0.122. The molecule has 0 bridgehead atoms. The van der Waals surface area contributed by atoms with Crippen LogP contribution in [0.15, 0.2) is 23.1 Å². The van der Waals surface area contributed by atoms with Crippen LogP contribution in [0.25, 0.3) is 0 Å². The summed E-state index contributed by atoms with van der Waals surface area (Å²) >= 11 is 1.11. The van der Waals surface area contributed by atoms with Crippen molar-refractivity contribution < 1.29 is 14.3 Å². The number of halogens is 1. The largest absolute Gasteiger partial charge is 0.389 e. The molecule has 0 heterocycles. The summed E-state index contributed by atoms with van der Waals surface area (Å²) in [7, 11) is 0. The molecule has 3 nitrogen and oxygen atoms in total. The number of carbonyl (C=O) groups is 1. The van der Waals surface area contributed by atoms with Gasteiger partial charge in [0.15, 0.2) is 0 Å². The third kappa shape index (κ3) is 4.31. The first-order chi connectivity index (χ1) is 8.56. The molecule has 1 amide bonds. The van der Waals surface area contributed by atoms with Gasteiger partial charge in [-0.3, -0.25) is 4.79 Å². The standard InChI is InChI=1S/C13H18FNO2S/c1-3-7-15-12(17)8-18-13-10(9(2)16)5-4-6-11(13)14/h4-6,9,16H,3,7-8H2,1-2H3,(H,15,17)/t9-/m1/s1. The van der Waals surface area contributed by atoms with Gasteiger partial charge in [-0.05, 0) is 25.0 Å². The molecule has 0 aliphatic rings. The van der Waals surface area contributed by atoms with Crippen LogP contribution in [-0.4, -0.2) is 23.3 Å². The third-order valence-electron chi connectivity index (χ3n) is 2.37. The van der Waals surface area contributed by atoms with Gasteiger partial charge < -0.3 is 10.4 Å². The molecule has 0 aromatic heterocycles. The first-order valence-electron chi connectivity index (χ1n) is 5.92. The molecule has 0 fully saturated rings. The van der Waals surface area contributed by atoms with Crippen LogP contribution in [0.1, 0.15) is 31.9 Å². The normalized spacial score (nSPS) is 12.2. The number of hydrogen-bond donors (Lipinski definition) is 2. The second kappa shape index (κ2) is 7.38. The molecular formula is C13H18FNO2S. The molecule has 0 unspecified atom stereocenters. The molecule has 0 aliphatic heterocycles. The predicted molar refractivity (Wildman–Crippen MR) is 71.1 cm³/mol. The fraction of sp³-hybridized carbons (Fsp3) is 0.462. The fourth-order valence-corrected chi connectivity index (χ4v) is 2.45. The highest BCUT2D eigenvalue weighted by Gasteiger charge is 2.14. The molecular weight excluding hydrogens is 253 g/mol. The maximum Gasteiger partial charge on any atom is 0.230 e. The van der Waals surface area contributed by atoms with E-state index >= 15 is 0 Å². The zero-order valence-electron chi connectivity index (χ0n) is 10.6. The molecule has 1 atom stereocenters. The number of amides is 1. The van der Waals surface area contributed by atoms with Crippen molar-refractivity contribution in [2.75, 3.05) is 12.3 Å². The molecule has 0 spiro atoms. The van der Waals surface area contributed by atoms with E-state index in [2.05, 4.69) is 5.32 Å². The Kier molecular flexibility index (Phi) is 6.15. The van der Waals surface area contributed by atoms with Gasteiger partial charge in [-0.2, -0.15) is 0 Å². The van der Waals surface area contributed by atoms with Crippen LogP contribution >= 0.6 is 11.8 Å². The van der Waals surface area contributed by atoms with Crippen molar-refractivity contribution in [1.82, 2.24) is 5.32 Å². The number of aliphatic hydroxyl groups is 1. The summed E-state index contributed by atoms with van der Waals surface area (Å²) < 4.78 is 13.6. The number of carbonyl (C=O) groups excluding carboxylic acids is 1. The van der Waals surface area contributed by atoms with Crippen molar-refractivity contribution in [1.29, 1.82) is 0 Å². The van der Waals surface area contributed by atoms with Crippen LogP contribution in [-0.2, 0) is 4.79 Å². The van der Waals surface area contributed by atoms with Gasteiger partial charge in [0.1, 0.15) is 5.82 Å². The molecule has 18 heavy (non-hydrogen) atoms. The molecule has 0 radical (unpaired) electrons. The minimum absolute atomic E-state index is 0.123. The Morgan fingerprint density at radius 1 is 1.56 bits per heavy atom. The summed E-state index contributed by atoms with van der Waals surface area (Å²) in [4.78, 5) is 11.8. The van der Waals surface area contributed by atoms with Gasteiger partial charge in [-0.25, -0.2) is 4.39 Å². The maximum absolute atomic E-state index is 13.6. The van der Waals surface area contributed by atoms with E-state index in [0.717, 1.165) is 18.2 Å². The quantitative estimate of drug-likeness (QED) is 0.782. The van der Waals surface area contributed by atoms with Gasteiger partial charge in [0, 0.05) is 11.4 Å². The molecule has 0 saturated heterocycles. The average molecular weight is 271 g/mol. The van der Waals surface area contributed by atoms with Crippen molar-refractivity contribution >= 4 is 17.7 Å². The Bertz CT molecular complexity index is 410. The molecule has 1 aromatic carbocycles. The molecule has 0 aliphatic carbocycles. The van der Waals surface area contributed by atoms with Crippen molar-refractivity contribution in [2.24, 2.45) is 0 Å². The highest BCUT2D eigenvalue weighted by atomic mass is 32.2. The van der Waals surface area contributed by atoms with E-state index in [-0.39, 0.29) is 11.7 Å². The molecule has 1 aromatic rings. The lowest BCUT2D eigenvalue weighted by Crippen LogP contribution is -2.25. The lowest BCUT2D eigenvalue weighted by atomic mass is 10.1. The maximum atomic E-state index is 13.6. The van der Waals surface area contributed by atoms with Gasteiger partial charge >= 0.3 is 0 Å². The van der Waals surface area contributed by atoms with E-state index in [1.807, 2.05) is 6.92 Å². The second-order valence-electron chi connectivity index (χ2n) is 3.97. The third-order valence-corrected chi connectivity index (χ3v) is 3.49. The van der Waals surface area contributed by atoms with E-state index in [1.165, 1.54) is 6.07 Å². The summed E-state index contributed by atoms with van der Waals surface area (Å²) in [6.45, 7) is 4.17. The summed E-state index contributed by atoms with van der Waals surface area (Å²) in [5.74, 6) is -0.371. The first-order valence-corrected chi connectivity index (χ1v) is 6.90. The number of benzene rings is 1. The topological polar surface area (TPSA) is 49.3 Å². The summed E-state index contributed by atoms with van der Waals surface area (Å²) in [5.41, 5.74) is 0.517. The molecule has 0 saturated carbocycles. The van der Waals surface area contributed by atoms with Crippen LogP contribution in [0.2, 0.25) is 0 Å². The summed E-state index contributed by atoms with van der Waals surface area (Å²) in [5, 5.41) is 12.3. The lowest BCUT2D eigenvalue weighted by Gasteiger charge is -2.12. The van der Waals surface area contributed by atoms with Crippen molar-refractivity contribution in [3.63, 3.8) is 0 Å². The van der Waals surface area contributed by atoms with E-state index < -0.39 is 11.9 Å². The van der Waals surface area contributed by atoms with E-state index in [9.17, 15) is 14.3 Å². The number of thioether (sulfide) groups is 1. The van der Waals surface area contributed by atoms with Crippen LogP contribution in [0, 0.1) is 5.82 Å². The Balaban J connectivity index is 2.69. The summed E-state index contributed by atoms with van der Waals surface area (Å²) in [6, 6.07) is 4.55. The second-order valence-corrected chi connectivity index (χ2v) is 4.96. The number of hydrogen-bond acceptors (Lipinski definition) is 3. The highest BCUT2D eigenvalue weighted by molar-refractivity contribution is 8.00. The van der Waals surface area contributed by atoms with Gasteiger partial charge in [-0.1, -0.05) is 19.1 Å². The van der Waals surface area contributed by atoms with Gasteiger partial charge in [0.05, 0.1) is 11.9 Å². The Hall–Kier alpha value is -1.07. The zero-order valence-corrected chi connectivity index (χ0v) is 11.4. The van der Waals surface area contributed by atoms with Gasteiger partial charge in [0.25, 0.3) is 0 Å². The van der Waals surface area contributed by atoms with Crippen molar-refractivity contribution in [3.05, 3.63) is 29.6 Å². The Morgan fingerprint density at radius 2 is 2.28 bits per heavy atom. The minimum Gasteiger partial charge on any atom is -0.389 e. The van der Waals surface area contributed by atoms with Crippen LogP contribution in [0.5, 0.6) is 0 Å². The lowest BCUT2D eigenvalue weighted by molar-refractivity contribution is -0.118. The van der Waals surface area contributed by atoms with Crippen LogP contribution < -0.4 is 5.32 Å². The SMILES string of the molecule is CCCNC(=O)CSc1c(F)cccc1[C@@H](C)O.